The van der Waals surface area contributed by atoms with Crippen molar-refractivity contribution in [2.75, 3.05) is 32.7 Å². The Labute approximate surface area is 194 Å². The molecule has 2 fully saturated rings. The second-order valence-corrected chi connectivity index (χ2v) is 9.45. The average molecular weight is 477 g/mol. The monoisotopic (exact) mass is 476 g/mol. The van der Waals surface area contributed by atoms with Crippen LogP contribution in [0, 0.1) is 11.7 Å². The highest BCUT2D eigenvalue weighted by Gasteiger charge is 2.33. The van der Waals surface area contributed by atoms with Crippen molar-refractivity contribution in [3.63, 3.8) is 0 Å². The molecule has 32 heavy (non-hydrogen) atoms. The molecule has 2 aromatic heterocycles. The SMILES string of the molecule is O=C(c1cc(Cc2c[nH]c(=O)c3cc(Cl)c(Cl)n23)ccc1F)N1CC(CN2CCCC2)C1. The minimum Gasteiger partial charge on any atom is -0.338 e. The summed E-state index contributed by atoms with van der Waals surface area (Å²) in [6.07, 6.45) is 4.39. The van der Waals surface area contributed by atoms with E-state index < -0.39 is 5.82 Å². The molecule has 2 saturated heterocycles. The van der Waals surface area contributed by atoms with E-state index in [2.05, 4.69) is 9.88 Å². The van der Waals surface area contributed by atoms with Gasteiger partial charge in [0.25, 0.3) is 11.5 Å². The summed E-state index contributed by atoms with van der Waals surface area (Å²) in [4.78, 5) is 31.9. The predicted octanol–water partition coefficient (Wildman–Crippen LogP) is 3.83. The van der Waals surface area contributed by atoms with E-state index in [1.165, 1.54) is 25.0 Å². The van der Waals surface area contributed by atoms with Gasteiger partial charge in [0, 0.05) is 43.9 Å². The lowest BCUT2D eigenvalue weighted by molar-refractivity contribution is 0.0428. The maximum atomic E-state index is 14.5. The number of carbonyl (C=O) groups is 1. The van der Waals surface area contributed by atoms with E-state index in [9.17, 15) is 14.0 Å². The van der Waals surface area contributed by atoms with Gasteiger partial charge in [-0.1, -0.05) is 29.3 Å². The van der Waals surface area contributed by atoms with Crippen LogP contribution in [0.15, 0.2) is 35.3 Å². The van der Waals surface area contributed by atoms with Crippen molar-refractivity contribution >= 4 is 34.6 Å². The zero-order valence-corrected chi connectivity index (χ0v) is 18.9. The van der Waals surface area contributed by atoms with Gasteiger partial charge >= 0.3 is 0 Å². The number of nitrogens with zero attached hydrogens (tertiary/aromatic N) is 3. The summed E-state index contributed by atoms with van der Waals surface area (Å²) in [7, 11) is 0. The highest BCUT2D eigenvalue weighted by Crippen LogP contribution is 2.27. The molecule has 1 amide bonds. The van der Waals surface area contributed by atoms with Gasteiger partial charge in [0.15, 0.2) is 0 Å². The number of hydrogen-bond donors (Lipinski definition) is 1. The van der Waals surface area contributed by atoms with Gasteiger partial charge in [-0.05, 0) is 49.7 Å². The molecule has 6 nitrogen and oxygen atoms in total. The summed E-state index contributed by atoms with van der Waals surface area (Å²) >= 11 is 12.4. The molecule has 0 radical (unpaired) electrons. The summed E-state index contributed by atoms with van der Waals surface area (Å²) in [5.41, 5.74) is 1.51. The Hall–Kier alpha value is -2.35. The topological polar surface area (TPSA) is 60.8 Å². The van der Waals surface area contributed by atoms with Crippen molar-refractivity contribution in [2.45, 2.75) is 19.3 Å². The zero-order chi connectivity index (χ0) is 22.4. The van der Waals surface area contributed by atoms with E-state index in [4.69, 9.17) is 23.2 Å². The second kappa shape index (κ2) is 8.54. The van der Waals surface area contributed by atoms with Gasteiger partial charge in [0.2, 0.25) is 0 Å². The van der Waals surface area contributed by atoms with Crippen LogP contribution in [0.5, 0.6) is 0 Å². The summed E-state index contributed by atoms with van der Waals surface area (Å²) < 4.78 is 16.1. The fourth-order valence-electron chi connectivity index (χ4n) is 4.73. The van der Waals surface area contributed by atoms with Gasteiger partial charge < -0.3 is 14.8 Å². The first-order valence-electron chi connectivity index (χ1n) is 10.8. The molecule has 0 unspecified atom stereocenters. The van der Waals surface area contributed by atoms with E-state index in [-0.39, 0.29) is 27.2 Å². The Bertz CT molecular complexity index is 1240. The van der Waals surface area contributed by atoms with Crippen LogP contribution < -0.4 is 5.56 Å². The lowest BCUT2D eigenvalue weighted by atomic mass is 9.97. The van der Waals surface area contributed by atoms with Crippen LogP contribution in [0.25, 0.3) is 5.52 Å². The van der Waals surface area contributed by atoms with E-state index in [1.54, 1.807) is 27.6 Å². The number of rotatable bonds is 5. The van der Waals surface area contributed by atoms with Crippen LogP contribution >= 0.6 is 23.2 Å². The van der Waals surface area contributed by atoms with Crippen molar-refractivity contribution in [3.05, 3.63) is 73.6 Å². The molecule has 0 atom stereocenters. The van der Waals surface area contributed by atoms with Crippen LogP contribution in [0.1, 0.15) is 34.5 Å². The fraction of sp³-hybridized carbons (Fsp3) is 0.391. The molecule has 1 N–H and O–H groups in total. The second-order valence-electron chi connectivity index (χ2n) is 8.69. The van der Waals surface area contributed by atoms with E-state index in [0.717, 1.165) is 25.2 Å². The number of aromatic amines is 1. The van der Waals surface area contributed by atoms with Crippen LogP contribution in [-0.4, -0.2) is 57.8 Å². The van der Waals surface area contributed by atoms with Crippen LogP contribution in [0.4, 0.5) is 4.39 Å². The van der Waals surface area contributed by atoms with Gasteiger partial charge in [-0.3, -0.25) is 14.0 Å². The zero-order valence-electron chi connectivity index (χ0n) is 17.4. The maximum absolute atomic E-state index is 14.5. The summed E-state index contributed by atoms with van der Waals surface area (Å²) in [5, 5.41) is 0.520. The number of carbonyl (C=O) groups excluding carboxylic acids is 1. The third kappa shape index (κ3) is 3.93. The largest absolute Gasteiger partial charge is 0.338 e. The number of amides is 1. The number of halogens is 3. The Kier molecular flexibility index (Phi) is 5.73. The molecule has 0 aliphatic carbocycles. The lowest BCUT2D eigenvalue weighted by Gasteiger charge is -2.41. The molecule has 0 spiro atoms. The highest BCUT2D eigenvalue weighted by atomic mass is 35.5. The Morgan fingerprint density at radius 1 is 1.16 bits per heavy atom. The first kappa shape index (κ1) is 21.5. The number of nitrogens with one attached hydrogen (secondary N) is 1. The fourth-order valence-corrected chi connectivity index (χ4v) is 5.17. The van der Waals surface area contributed by atoms with Crippen molar-refractivity contribution < 1.29 is 9.18 Å². The molecule has 2 aliphatic heterocycles. The minimum absolute atomic E-state index is 0.0689. The summed E-state index contributed by atoms with van der Waals surface area (Å²) in [5.74, 6) is -0.357. The number of likely N-dealkylation sites (tertiary alicyclic amines) is 2. The molecule has 4 heterocycles. The van der Waals surface area contributed by atoms with Crippen molar-refractivity contribution in [3.8, 4) is 0 Å². The predicted molar refractivity (Wildman–Crippen MR) is 122 cm³/mol. The van der Waals surface area contributed by atoms with Crippen molar-refractivity contribution in [2.24, 2.45) is 5.92 Å². The average Bonchev–Trinajstić information content (AvgIpc) is 3.36. The standard InChI is InChI=1S/C23H23Cl2FN4O2/c24-18-9-20-22(31)27-10-16(30(20)21(18)25)7-14-3-4-19(26)17(8-14)23(32)29-12-15(13-29)11-28-5-1-2-6-28/h3-4,8-10,15H,1-2,5-7,11-13H2,(H,27,31). The number of aromatic nitrogens is 2. The highest BCUT2D eigenvalue weighted by molar-refractivity contribution is 6.42. The minimum atomic E-state index is -0.532. The first-order valence-corrected chi connectivity index (χ1v) is 11.5. The lowest BCUT2D eigenvalue weighted by Crippen LogP contribution is -2.53. The molecular formula is C23H23Cl2FN4O2. The molecule has 5 rings (SSSR count). The van der Waals surface area contributed by atoms with Gasteiger partial charge in [0.05, 0.1) is 10.6 Å². The van der Waals surface area contributed by atoms with Gasteiger partial charge in [-0.2, -0.15) is 0 Å². The Balaban J connectivity index is 1.34. The molecule has 0 saturated carbocycles. The molecule has 168 valence electrons. The number of benzene rings is 1. The van der Waals surface area contributed by atoms with Crippen LogP contribution in [-0.2, 0) is 6.42 Å². The van der Waals surface area contributed by atoms with Gasteiger partial charge in [0.1, 0.15) is 16.5 Å². The quantitative estimate of drug-likeness (QED) is 0.608. The number of fused-ring (bicyclic) bond motifs is 1. The Morgan fingerprint density at radius 3 is 2.66 bits per heavy atom. The first-order chi connectivity index (χ1) is 15.4. The van der Waals surface area contributed by atoms with Crippen molar-refractivity contribution in [1.82, 2.24) is 19.2 Å². The number of hydrogen-bond acceptors (Lipinski definition) is 3. The molecule has 0 bridgehead atoms. The van der Waals surface area contributed by atoms with E-state index in [1.807, 2.05) is 0 Å². The summed E-state index contributed by atoms with van der Waals surface area (Å²) in [6, 6.07) is 6.04. The van der Waals surface area contributed by atoms with Gasteiger partial charge in [-0.25, -0.2) is 4.39 Å². The normalized spacial score (nSPS) is 17.3. The smallest absolute Gasteiger partial charge is 0.272 e. The third-order valence-corrected chi connectivity index (χ3v) is 7.15. The molecule has 1 aromatic carbocycles. The Morgan fingerprint density at radius 2 is 1.91 bits per heavy atom. The summed E-state index contributed by atoms with van der Waals surface area (Å²) in [6.45, 7) is 4.61. The van der Waals surface area contributed by atoms with Crippen LogP contribution in [0.2, 0.25) is 10.2 Å². The molecule has 2 aliphatic rings. The van der Waals surface area contributed by atoms with Crippen LogP contribution in [0.3, 0.4) is 0 Å². The molecule has 3 aromatic rings. The maximum Gasteiger partial charge on any atom is 0.272 e. The third-order valence-electron chi connectivity index (χ3n) is 6.39. The molecule has 9 heteroatoms. The van der Waals surface area contributed by atoms with E-state index >= 15 is 0 Å². The van der Waals surface area contributed by atoms with E-state index in [0.29, 0.717) is 36.6 Å². The number of H-pyrrole nitrogens is 1. The molecular weight excluding hydrogens is 454 g/mol. The van der Waals surface area contributed by atoms with Gasteiger partial charge in [-0.15, -0.1) is 0 Å². The van der Waals surface area contributed by atoms with Crippen molar-refractivity contribution in [1.29, 1.82) is 0 Å².